The van der Waals surface area contributed by atoms with Crippen molar-refractivity contribution in [3.05, 3.63) is 0 Å². The summed E-state index contributed by atoms with van der Waals surface area (Å²) in [6.45, 7) is 5.58. The van der Waals surface area contributed by atoms with E-state index in [1.165, 1.54) is 12.0 Å². The maximum atomic E-state index is 12.0. The van der Waals surface area contributed by atoms with Crippen LogP contribution in [-0.4, -0.2) is 67.3 Å². The van der Waals surface area contributed by atoms with Gasteiger partial charge in [-0.25, -0.2) is 4.79 Å². The van der Waals surface area contributed by atoms with Crippen LogP contribution in [0.1, 0.15) is 20.8 Å². The number of nitrogens with zero attached hydrogens (tertiary/aromatic N) is 1. The zero-order valence-electron chi connectivity index (χ0n) is 11.7. The second-order valence-corrected chi connectivity index (χ2v) is 5.36. The van der Waals surface area contributed by atoms with Crippen LogP contribution >= 0.6 is 0 Å². The monoisotopic (exact) mass is 261 g/mol. The molecule has 0 bridgehead atoms. The number of carbonyl (C=O) groups is 1. The number of rotatable bonds is 3. The molecule has 1 amide bonds. The number of likely N-dealkylation sites (tertiary alicyclic amines) is 1. The minimum atomic E-state index is -0.565. The van der Waals surface area contributed by atoms with Crippen molar-refractivity contribution < 1.29 is 24.1 Å². The Kier molecular flexibility index (Phi) is 4.95. The summed E-state index contributed by atoms with van der Waals surface area (Å²) in [4.78, 5) is 13.5. The fraction of sp³-hybridized carbons (Fsp3) is 0.917. The van der Waals surface area contributed by atoms with Gasteiger partial charge in [-0.1, -0.05) is 0 Å². The molecule has 1 saturated heterocycles. The van der Waals surface area contributed by atoms with E-state index in [9.17, 15) is 9.90 Å². The smallest absolute Gasteiger partial charge is 0.410 e. The van der Waals surface area contributed by atoms with Crippen LogP contribution in [0.4, 0.5) is 4.79 Å². The molecule has 0 saturated carbocycles. The highest BCUT2D eigenvalue weighted by molar-refractivity contribution is 5.69. The number of aliphatic hydroxyl groups is 1. The van der Waals surface area contributed by atoms with E-state index >= 15 is 0 Å². The molecule has 1 rings (SSSR count). The molecule has 0 aromatic heterocycles. The van der Waals surface area contributed by atoms with E-state index in [4.69, 9.17) is 14.2 Å². The molecule has 3 atom stereocenters. The minimum Gasteiger partial charge on any atom is -0.444 e. The van der Waals surface area contributed by atoms with E-state index in [2.05, 4.69) is 0 Å². The predicted octanol–water partition coefficient (Wildman–Crippen LogP) is 0.628. The third-order valence-corrected chi connectivity index (χ3v) is 2.91. The van der Waals surface area contributed by atoms with E-state index in [1.54, 1.807) is 27.9 Å². The van der Waals surface area contributed by atoms with E-state index < -0.39 is 17.7 Å². The molecule has 1 aliphatic heterocycles. The van der Waals surface area contributed by atoms with Crippen LogP contribution in [0, 0.1) is 0 Å². The van der Waals surface area contributed by atoms with Gasteiger partial charge in [0.1, 0.15) is 17.8 Å². The highest BCUT2D eigenvalue weighted by atomic mass is 16.6. The summed E-state index contributed by atoms with van der Waals surface area (Å²) in [5, 5.41) is 9.41. The standard InChI is InChI=1S/C12H23NO5/c1-12(2,3)18-11(15)13-6-9(16-4)10(17-5)8(13)7-14/h8-10,14H,6-7H2,1-5H3/t8-,9+,10-/m0/s1. The molecule has 106 valence electrons. The third kappa shape index (κ3) is 3.34. The Labute approximate surface area is 108 Å². The molecule has 1 N–H and O–H groups in total. The molecule has 0 spiro atoms. The van der Waals surface area contributed by atoms with Crippen LogP contribution in [0.3, 0.4) is 0 Å². The molecule has 6 heteroatoms. The Bertz CT molecular complexity index is 289. The Morgan fingerprint density at radius 1 is 1.33 bits per heavy atom. The van der Waals surface area contributed by atoms with Crippen LogP contribution in [0.15, 0.2) is 0 Å². The number of methoxy groups -OCH3 is 2. The van der Waals surface area contributed by atoms with Gasteiger partial charge in [-0.3, -0.25) is 4.90 Å². The summed E-state index contributed by atoms with van der Waals surface area (Å²) < 4.78 is 15.9. The summed E-state index contributed by atoms with van der Waals surface area (Å²) in [7, 11) is 3.10. The van der Waals surface area contributed by atoms with Crippen molar-refractivity contribution in [3.63, 3.8) is 0 Å². The number of hydrogen-bond acceptors (Lipinski definition) is 5. The summed E-state index contributed by atoms with van der Waals surface area (Å²) in [6, 6.07) is -0.435. The first-order valence-corrected chi connectivity index (χ1v) is 6.00. The molecule has 6 nitrogen and oxygen atoms in total. The molecule has 0 aliphatic carbocycles. The highest BCUT2D eigenvalue weighted by Crippen LogP contribution is 2.25. The van der Waals surface area contributed by atoms with Gasteiger partial charge in [0.05, 0.1) is 19.2 Å². The number of carbonyl (C=O) groups excluding carboxylic acids is 1. The van der Waals surface area contributed by atoms with E-state index in [0.717, 1.165) is 0 Å². The molecule has 1 fully saturated rings. The van der Waals surface area contributed by atoms with Crippen molar-refractivity contribution in [2.75, 3.05) is 27.4 Å². The normalized spacial score (nSPS) is 28.6. The molecule has 18 heavy (non-hydrogen) atoms. The van der Waals surface area contributed by atoms with Gasteiger partial charge in [0.15, 0.2) is 0 Å². The first kappa shape index (κ1) is 15.2. The topological polar surface area (TPSA) is 68.2 Å². The third-order valence-electron chi connectivity index (χ3n) is 2.91. The molecular weight excluding hydrogens is 238 g/mol. The molecule has 0 radical (unpaired) electrons. The van der Waals surface area contributed by atoms with Gasteiger partial charge < -0.3 is 19.3 Å². The van der Waals surface area contributed by atoms with Crippen LogP contribution < -0.4 is 0 Å². The lowest BCUT2D eigenvalue weighted by Gasteiger charge is -2.28. The van der Waals surface area contributed by atoms with Crippen molar-refractivity contribution >= 4 is 6.09 Å². The number of aliphatic hydroxyl groups excluding tert-OH is 1. The molecule has 1 aliphatic rings. The lowest BCUT2D eigenvalue weighted by atomic mass is 10.1. The Morgan fingerprint density at radius 2 is 1.94 bits per heavy atom. The van der Waals surface area contributed by atoms with Gasteiger partial charge in [-0.2, -0.15) is 0 Å². The number of hydrogen-bond donors (Lipinski definition) is 1. The van der Waals surface area contributed by atoms with Gasteiger partial charge >= 0.3 is 6.09 Å². The largest absolute Gasteiger partial charge is 0.444 e. The Morgan fingerprint density at radius 3 is 2.33 bits per heavy atom. The Hall–Kier alpha value is -0.850. The summed E-state index contributed by atoms with van der Waals surface area (Å²) in [5.74, 6) is 0. The van der Waals surface area contributed by atoms with Gasteiger partial charge in [0.2, 0.25) is 0 Å². The fourth-order valence-corrected chi connectivity index (χ4v) is 2.11. The SMILES string of the molecule is CO[C@@H]1[C@H](OC)CN(C(=O)OC(C)(C)C)[C@H]1CO. The molecule has 0 unspecified atom stereocenters. The van der Waals surface area contributed by atoms with Crippen molar-refractivity contribution in [3.8, 4) is 0 Å². The summed E-state index contributed by atoms with van der Waals surface area (Å²) in [5.41, 5.74) is -0.565. The second-order valence-electron chi connectivity index (χ2n) is 5.36. The first-order valence-electron chi connectivity index (χ1n) is 6.00. The van der Waals surface area contributed by atoms with Gasteiger partial charge in [-0.05, 0) is 20.8 Å². The van der Waals surface area contributed by atoms with Crippen molar-refractivity contribution in [2.24, 2.45) is 0 Å². The molecular formula is C12H23NO5. The quantitative estimate of drug-likeness (QED) is 0.807. The van der Waals surface area contributed by atoms with Gasteiger partial charge in [0.25, 0.3) is 0 Å². The average Bonchev–Trinajstić information content (AvgIpc) is 2.63. The lowest BCUT2D eigenvalue weighted by Crippen LogP contribution is -2.45. The number of ether oxygens (including phenoxy) is 3. The summed E-state index contributed by atoms with van der Waals surface area (Å²) in [6.07, 6.45) is -1.05. The molecule has 0 aromatic carbocycles. The van der Waals surface area contributed by atoms with Gasteiger partial charge in [-0.15, -0.1) is 0 Å². The van der Waals surface area contributed by atoms with Crippen LogP contribution in [0.25, 0.3) is 0 Å². The van der Waals surface area contributed by atoms with E-state index in [1.807, 2.05) is 0 Å². The van der Waals surface area contributed by atoms with E-state index in [0.29, 0.717) is 6.54 Å². The predicted molar refractivity (Wildman–Crippen MR) is 65.4 cm³/mol. The average molecular weight is 261 g/mol. The molecule has 1 heterocycles. The van der Waals surface area contributed by atoms with Crippen LogP contribution in [-0.2, 0) is 14.2 Å². The Balaban J connectivity index is 2.79. The van der Waals surface area contributed by atoms with Crippen molar-refractivity contribution in [2.45, 2.75) is 44.6 Å². The number of amides is 1. The van der Waals surface area contributed by atoms with Crippen molar-refractivity contribution in [1.82, 2.24) is 4.90 Å². The first-order chi connectivity index (χ1) is 8.34. The van der Waals surface area contributed by atoms with Gasteiger partial charge in [0, 0.05) is 14.2 Å². The highest BCUT2D eigenvalue weighted by Gasteiger charge is 2.45. The maximum Gasteiger partial charge on any atom is 0.410 e. The van der Waals surface area contributed by atoms with Crippen molar-refractivity contribution in [1.29, 1.82) is 0 Å². The fourth-order valence-electron chi connectivity index (χ4n) is 2.11. The summed E-state index contributed by atoms with van der Waals surface area (Å²) >= 11 is 0. The zero-order chi connectivity index (χ0) is 13.9. The second kappa shape index (κ2) is 5.86. The lowest BCUT2D eigenvalue weighted by molar-refractivity contribution is -0.0303. The zero-order valence-corrected chi connectivity index (χ0v) is 11.7. The van der Waals surface area contributed by atoms with Crippen LogP contribution in [0.2, 0.25) is 0 Å². The van der Waals surface area contributed by atoms with Crippen LogP contribution in [0.5, 0.6) is 0 Å². The maximum absolute atomic E-state index is 12.0. The minimum absolute atomic E-state index is 0.183. The van der Waals surface area contributed by atoms with E-state index in [-0.39, 0.29) is 18.8 Å². The molecule has 0 aromatic rings.